The fraction of sp³-hybridized carbons (Fsp3) is 0.0714. The second-order valence-electron chi connectivity index (χ2n) is 11.7. The van der Waals surface area contributed by atoms with E-state index in [9.17, 15) is 5.11 Å². The van der Waals surface area contributed by atoms with Crippen molar-refractivity contribution >= 4 is 21.7 Å². The highest BCUT2D eigenvalue weighted by atomic mass is 16.3. The van der Waals surface area contributed by atoms with Crippen molar-refractivity contribution in [1.82, 2.24) is 14.1 Å². The summed E-state index contributed by atoms with van der Waals surface area (Å²) in [6.45, 7) is 0.804. The molecule has 0 aliphatic rings. The molecular weight excluding hydrogens is 562 g/mol. The van der Waals surface area contributed by atoms with Crippen LogP contribution in [0.5, 0.6) is 0 Å². The number of aliphatic hydroxyl groups is 1. The molecule has 0 aliphatic carbocycles. The summed E-state index contributed by atoms with van der Waals surface area (Å²) in [7, 11) is 0. The summed E-state index contributed by atoms with van der Waals surface area (Å²) in [5.74, 6) is 0. The smallest absolute Gasteiger partial charge is 0.0963 e. The zero-order valence-corrected chi connectivity index (χ0v) is 25.4. The molecule has 0 spiro atoms. The molecule has 0 saturated carbocycles. The first-order valence-corrected chi connectivity index (χ1v) is 15.7. The van der Waals surface area contributed by atoms with Crippen LogP contribution in [-0.4, -0.2) is 25.3 Å². The van der Waals surface area contributed by atoms with Gasteiger partial charge in [-0.15, -0.1) is 0 Å². The highest BCUT2D eigenvalue weighted by Gasteiger charge is 2.24. The molecule has 0 radical (unpaired) electrons. The van der Waals surface area contributed by atoms with Gasteiger partial charge in [0.15, 0.2) is 0 Å². The van der Waals surface area contributed by atoms with Crippen LogP contribution in [0.3, 0.4) is 0 Å². The lowest BCUT2D eigenvalue weighted by Crippen LogP contribution is -2.23. The largest absolute Gasteiger partial charge is 0.389 e. The van der Waals surface area contributed by atoms with E-state index < -0.39 is 6.10 Å². The quantitative estimate of drug-likeness (QED) is 0.190. The first-order chi connectivity index (χ1) is 22.8. The van der Waals surface area contributed by atoms with Crippen molar-refractivity contribution in [2.24, 2.45) is 0 Å². The van der Waals surface area contributed by atoms with Gasteiger partial charge in [0.05, 0.1) is 48.1 Å². The van der Waals surface area contributed by atoms with Gasteiger partial charge in [-0.3, -0.25) is 0 Å². The Balaban J connectivity index is 1.30. The highest BCUT2D eigenvalue weighted by Crippen LogP contribution is 2.43. The van der Waals surface area contributed by atoms with E-state index in [1.807, 2.05) is 42.7 Å². The first-order valence-electron chi connectivity index (χ1n) is 15.7. The minimum Gasteiger partial charge on any atom is -0.389 e. The molecule has 222 valence electrons. The van der Waals surface area contributed by atoms with E-state index in [4.69, 9.17) is 4.98 Å². The van der Waals surface area contributed by atoms with E-state index in [-0.39, 0.29) is 0 Å². The third-order valence-corrected chi connectivity index (χ3v) is 8.79. The Morgan fingerprint density at radius 1 is 0.500 bits per heavy atom. The average Bonchev–Trinajstić information content (AvgIpc) is 3.69. The summed E-state index contributed by atoms with van der Waals surface area (Å²) in [5.41, 5.74) is 9.73. The second kappa shape index (κ2) is 12.0. The van der Waals surface area contributed by atoms with Crippen molar-refractivity contribution in [2.45, 2.75) is 19.2 Å². The van der Waals surface area contributed by atoms with Crippen LogP contribution in [0, 0.1) is 0 Å². The number of aliphatic hydroxyl groups excluding tert-OH is 1. The van der Waals surface area contributed by atoms with Gasteiger partial charge in [0.25, 0.3) is 0 Å². The van der Waals surface area contributed by atoms with Crippen LogP contribution < -0.4 is 0 Å². The second-order valence-corrected chi connectivity index (χ2v) is 11.7. The molecule has 0 saturated heterocycles. The lowest BCUT2D eigenvalue weighted by atomic mass is 9.97. The molecule has 2 aromatic heterocycles. The zero-order valence-electron chi connectivity index (χ0n) is 25.4. The number of hydrogen-bond donors (Lipinski definition) is 1. The lowest BCUT2D eigenvalue weighted by molar-refractivity contribution is 0.137. The fourth-order valence-electron chi connectivity index (χ4n) is 6.82. The van der Waals surface area contributed by atoms with Gasteiger partial charge in [-0.1, -0.05) is 158 Å². The number of imidazole rings is 1. The molecule has 0 unspecified atom stereocenters. The fourth-order valence-corrected chi connectivity index (χ4v) is 6.82. The summed E-state index contributed by atoms with van der Waals surface area (Å²) >= 11 is 0. The maximum absolute atomic E-state index is 12.0. The molecule has 0 amide bonds. The average molecular weight is 596 g/mol. The van der Waals surface area contributed by atoms with Gasteiger partial charge < -0.3 is 14.2 Å². The molecule has 4 nitrogen and oxygen atoms in total. The summed E-state index contributed by atoms with van der Waals surface area (Å²) in [6.07, 6.45) is 1.17. The van der Waals surface area contributed by atoms with Crippen molar-refractivity contribution in [1.29, 1.82) is 0 Å². The number of rotatable bonds is 8. The van der Waals surface area contributed by atoms with Crippen LogP contribution in [0.25, 0.3) is 66.6 Å². The molecule has 8 aromatic rings. The summed E-state index contributed by atoms with van der Waals surface area (Å²) < 4.78 is 4.45. The molecule has 1 atom stereocenters. The summed E-state index contributed by atoms with van der Waals surface area (Å²) in [4.78, 5) is 4.87. The zero-order chi connectivity index (χ0) is 30.9. The van der Waals surface area contributed by atoms with Gasteiger partial charge in [0.1, 0.15) is 0 Å². The Morgan fingerprint density at radius 3 is 1.70 bits per heavy atom. The topological polar surface area (TPSA) is 43.0 Å². The van der Waals surface area contributed by atoms with Gasteiger partial charge in [0, 0.05) is 27.5 Å². The van der Waals surface area contributed by atoms with E-state index in [1.165, 1.54) is 21.7 Å². The van der Waals surface area contributed by atoms with E-state index in [0.717, 1.165) is 44.9 Å². The Morgan fingerprint density at radius 2 is 1.04 bits per heavy atom. The molecular formula is C42H33N3O. The van der Waals surface area contributed by atoms with Crippen molar-refractivity contribution in [3.63, 3.8) is 0 Å². The van der Waals surface area contributed by atoms with Crippen molar-refractivity contribution < 1.29 is 5.11 Å². The number of hydrogen-bond acceptors (Lipinski definition) is 2. The first kappa shape index (κ1) is 27.8. The molecule has 6 aromatic carbocycles. The standard InChI is InChI=1S/C42H33N3O/c46-35(27-44-29-43-39(32-18-7-2-8-19-32)41(44)34-22-11-4-12-23-34)28-45-40(33-20-9-3-10-21-33)38(31-16-5-1-6-17-31)37-26-25-30-15-13-14-24-36(30)42(37)45/h1-26,29,35,46H,27-28H2/t35-/m1/s1. The number of fused-ring (bicyclic) bond motifs is 3. The number of benzene rings is 6. The van der Waals surface area contributed by atoms with Gasteiger partial charge in [-0.05, 0) is 16.5 Å². The van der Waals surface area contributed by atoms with Gasteiger partial charge >= 0.3 is 0 Å². The number of aromatic nitrogens is 3. The predicted molar refractivity (Wildman–Crippen MR) is 189 cm³/mol. The Bertz CT molecular complexity index is 2250. The lowest BCUT2D eigenvalue weighted by Gasteiger charge is -2.19. The van der Waals surface area contributed by atoms with E-state index in [2.05, 4.69) is 130 Å². The maximum Gasteiger partial charge on any atom is 0.0963 e. The minimum atomic E-state index is -0.694. The van der Waals surface area contributed by atoms with E-state index in [1.54, 1.807) is 0 Å². The normalized spacial score (nSPS) is 12.1. The maximum atomic E-state index is 12.0. The molecule has 8 rings (SSSR count). The molecule has 0 bridgehead atoms. The Labute approximate surface area is 268 Å². The summed E-state index contributed by atoms with van der Waals surface area (Å²) in [6, 6.07) is 54.8. The van der Waals surface area contributed by atoms with Crippen LogP contribution >= 0.6 is 0 Å². The van der Waals surface area contributed by atoms with Gasteiger partial charge in [0.2, 0.25) is 0 Å². The van der Waals surface area contributed by atoms with E-state index in [0.29, 0.717) is 13.1 Å². The molecule has 46 heavy (non-hydrogen) atoms. The molecule has 1 N–H and O–H groups in total. The molecule has 0 fully saturated rings. The number of nitrogens with zero attached hydrogens (tertiary/aromatic N) is 3. The molecule has 0 aliphatic heterocycles. The van der Waals surface area contributed by atoms with Crippen molar-refractivity contribution in [2.75, 3.05) is 0 Å². The Kier molecular flexibility index (Phi) is 7.25. The predicted octanol–water partition coefficient (Wildman–Crippen LogP) is 9.72. The highest BCUT2D eigenvalue weighted by molar-refractivity contribution is 6.15. The minimum absolute atomic E-state index is 0.392. The molecule has 4 heteroatoms. The van der Waals surface area contributed by atoms with Crippen LogP contribution in [0.1, 0.15) is 0 Å². The van der Waals surface area contributed by atoms with Crippen LogP contribution in [-0.2, 0) is 13.1 Å². The Hall–Kier alpha value is -5.71. The van der Waals surface area contributed by atoms with Gasteiger partial charge in [-0.2, -0.15) is 0 Å². The van der Waals surface area contributed by atoms with Crippen LogP contribution in [0.4, 0.5) is 0 Å². The molecule has 2 heterocycles. The third-order valence-electron chi connectivity index (χ3n) is 8.79. The van der Waals surface area contributed by atoms with Crippen LogP contribution in [0.15, 0.2) is 164 Å². The third kappa shape index (κ3) is 4.99. The summed E-state index contributed by atoms with van der Waals surface area (Å²) in [5, 5.41) is 15.5. The van der Waals surface area contributed by atoms with Crippen LogP contribution in [0.2, 0.25) is 0 Å². The van der Waals surface area contributed by atoms with E-state index >= 15 is 0 Å². The monoisotopic (exact) mass is 595 g/mol. The SMILES string of the molecule is O[C@H](Cn1cnc(-c2ccccc2)c1-c1ccccc1)Cn1c(-c2ccccc2)c(-c2ccccc2)c2ccc3ccccc3c21. The van der Waals surface area contributed by atoms with Crippen molar-refractivity contribution in [3.8, 4) is 44.9 Å². The van der Waals surface area contributed by atoms with Gasteiger partial charge in [-0.25, -0.2) is 4.98 Å². The van der Waals surface area contributed by atoms with Crippen molar-refractivity contribution in [3.05, 3.63) is 164 Å².